The Bertz CT molecular complexity index is 487. The molecule has 0 aliphatic carbocycles. The molecule has 0 bridgehead atoms. The van der Waals surface area contributed by atoms with E-state index in [9.17, 15) is 9.46 Å². The van der Waals surface area contributed by atoms with Crippen molar-refractivity contribution in [1.82, 2.24) is 0 Å². The van der Waals surface area contributed by atoms with Gasteiger partial charge in [-0.15, -0.1) is 0 Å². The summed E-state index contributed by atoms with van der Waals surface area (Å²) in [5.41, 5.74) is 1.05. The van der Waals surface area contributed by atoms with Gasteiger partial charge in [-0.05, 0) is 23.5 Å². The number of unbranched alkanes of at least 4 members (excludes halogenated alkanes) is 15. The van der Waals surface area contributed by atoms with Crippen LogP contribution < -0.4 is 5.30 Å². The molecule has 1 aromatic carbocycles. The van der Waals surface area contributed by atoms with E-state index in [4.69, 9.17) is 0 Å². The molecular weight excluding hydrogens is 351 g/mol. The van der Waals surface area contributed by atoms with Crippen LogP contribution in [0.5, 0.6) is 0 Å². The number of hydrogen-bond acceptors (Lipinski definition) is 1. The number of benzene rings is 1. The van der Waals surface area contributed by atoms with Gasteiger partial charge in [0.25, 0.3) is 0 Å². The molecule has 1 unspecified atom stereocenters. The van der Waals surface area contributed by atoms with Crippen LogP contribution in [0.1, 0.15) is 115 Å². The van der Waals surface area contributed by atoms with Gasteiger partial charge in [0.15, 0.2) is 0 Å². The highest BCUT2D eigenvalue weighted by Crippen LogP contribution is 2.18. The van der Waals surface area contributed by atoms with E-state index in [-0.39, 0.29) is 0 Å². The Hall–Kier alpha value is -0.720. The first-order valence-corrected chi connectivity index (χ1v) is 12.7. The van der Waals surface area contributed by atoms with Crippen LogP contribution in [0.15, 0.2) is 24.3 Å². The van der Waals surface area contributed by atoms with E-state index in [1.54, 1.807) is 6.07 Å². The Morgan fingerprint density at radius 3 is 1.52 bits per heavy atom. The Morgan fingerprint density at radius 2 is 1.07 bits per heavy atom. The quantitative estimate of drug-likeness (QED) is 0.204. The molecule has 0 aliphatic heterocycles. The van der Waals surface area contributed by atoms with Crippen LogP contribution in [0.4, 0.5) is 0 Å². The Kier molecular flexibility index (Phi) is 15.7. The van der Waals surface area contributed by atoms with Gasteiger partial charge in [-0.2, -0.15) is 4.89 Å². The van der Waals surface area contributed by atoms with E-state index in [0.29, 0.717) is 5.30 Å². The van der Waals surface area contributed by atoms with Crippen molar-refractivity contribution in [2.75, 3.05) is 0 Å². The van der Waals surface area contributed by atoms with Gasteiger partial charge in [0.05, 0.1) is 0 Å². The maximum atomic E-state index is 11.3. The van der Waals surface area contributed by atoms with E-state index in [1.165, 1.54) is 96.3 Å². The third-order valence-electron chi connectivity index (χ3n) is 5.50. The fourth-order valence-electron chi connectivity index (χ4n) is 3.77. The van der Waals surface area contributed by atoms with Gasteiger partial charge < -0.3 is 0 Å². The van der Waals surface area contributed by atoms with Gasteiger partial charge in [-0.25, -0.2) is 0 Å². The monoisotopic (exact) mass is 393 g/mol. The molecule has 0 amide bonds. The Balaban J connectivity index is 1.85. The normalized spacial score (nSPS) is 11.7. The van der Waals surface area contributed by atoms with Gasteiger partial charge in [0.1, 0.15) is 0 Å². The summed E-state index contributed by atoms with van der Waals surface area (Å²) in [7, 11) is -2.21. The molecular formula is C24H42O2P+. The fourth-order valence-corrected chi connectivity index (χ4v) is 4.42. The molecule has 0 saturated carbocycles. The largest absolute Gasteiger partial charge is 0.546 e. The van der Waals surface area contributed by atoms with Crippen molar-refractivity contribution in [3.8, 4) is 0 Å². The lowest BCUT2D eigenvalue weighted by atomic mass is 10.0. The van der Waals surface area contributed by atoms with E-state index in [0.717, 1.165) is 18.4 Å². The second-order valence-electron chi connectivity index (χ2n) is 7.95. The van der Waals surface area contributed by atoms with Crippen molar-refractivity contribution in [1.29, 1.82) is 0 Å². The molecule has 0 spiro atoms. The summed E-state index contributed by atoms with van der Waals surface area (Å²) >= 11 is 0. The average Bonchev–Trinajstić information content (AvgIpc) is 2.68. The molecule has 0 aliphatic rings. The van der Waals surface area contributed by atoms with E-state index in [2.05, 4.69) is 6.92 Å². The number of rotatable bonds is 18. The van der Waals surface area contributed by atoms with Gasteiger partial charge in [0, 0.05) is 5.56 Å². The van der Waals surface area contributed by atoms with Crippen molar-refractivity contribution in [2.24, 2.45) is 0 Å². The maximum absolute atomic E-state index is 11.3. The minimum absolute atomic E-state index is 0.619. The zero-order valence-electron chi connectivity index (χ0n) is 17.6. The highest BCUT2D eigenvalue weighted by atomic mass is 31.1. The standard InChI is InChI=1S/C24H41O2P/c1-2-3-4-5-6-7-8-9-10-11-12-13-14-15-16-17-20-23-21-18-19-22-24(23)27(25)26/h18-19,21-22H,2-17,20H2,1H3/p+1. The SMILES string of the molecule is CCCCCCCCCCCCCCCCCCc1ccccc1[P+](=O)O. The summed E-state index contributed by atoms with van der Waals surface area (Å²) in [5.74, 6) is 0. The predicted octanol–water partition coefficient (Wildman–Crippen LogP) is 7.85. The van der Waals surface area contributed by atoms with Crippen LogP contribution in [0, 0.1) is 0 Å². The van der Waals surface area contributed by atoms with Crippen molar-refractivity contribution in [3.63, 3.8) is 0 Å². The van der Waals surface area contributed by atoms with Gasteiger partial charge in [-0.3, -0.25) is 0 Å². The average molecular weight is 394 g/mol. The van der Waals surface area contributed by atoms with Gasteiger partial charge >= 0.3 is 8.03 Å². The van der Waals surface area contributed by atoms with Crippen LogP contribution >= 0.6 is 8.03 Å². The summed E-state index contributed by atoms with van der Waals surface area (Å²) in [6.45, 7) is 2.28. The second-order valence-corrected chi connectivity index (χ2v) is 8.98. The predicted molar refractivity (Wildman–Crippen MR) is 119 cm³/mol. The summed E-state index contributed by atoms with van der Waals surface area (Å²) in [5, 5.41) is 0.619. The first-order valence-electron chi connectivity index (χ1n) is 11.5. The van der Waals surface area contributed by atoms with Crippen molar-refractivity contribution >= 4 is 13.3 Å². The molecule has 1 N–H and O–H groups in total. The summed E-state index contributed by atoms with van der Waals surface area (Å²) < 4.78 is 11.3. The topological polar surface area (TPSA) is 37.3 Å². The fraction of sp³-hybridized carbons (Fsp3) is 0.750. The van der Waals surface area contributed by atoms with Crippen LogP contribution in [0.2, 0.25) is 0 Å². The molecule has 0 aromatic heterocycles. The summed E-state index contributed by atoms with van der Waals surface area (Å²) in [4.78, 5) is 9.35. The first kappa shape index (κ1) is 24.3. The molecule has 0 heterocycles. The van der Waals surface area contributed by atoms with Crippen molar-refractivity contribution in [2.45, 2.75) is 116 Å². The molecule has 3 heteroatoms. The Labute approximate surface area is 169 Å². The highest BCUT2D eigenvalue weighted by Gasteiger charge is 2.19. The highest BCUT2D eigenvalue weighted by molar-refractivity contribution is 7.47. The second kappa shape index (κ2) is 17.4. The summed E-state index contributed by atoms with van der Waals surface area (Å²) in [6, 6.07) is 7.57. The maximum Gasteiger partial charge on any atom is 0.546 e. The molecule has 0 radical (unpaired) electrons. The molecule has 0 fully saturated rings. The minimum Gasteiger partial charge on any atom is -0.156 e. The zero-order valence-corrected chi connectivity index (χ0v) is 18.5. The van der Waals surface area contributed by atoms with Gasteiger partial charge in [-0.1, -0.05) is 121 Å². The molecule has 27 heavy (non-hydrogen) atoms. The molecule has 154 valence electrons. The number of aryl methyl sites for hydroxylation is 1. The Morgan fingerprint density at radius 1 is 0.667 bits per heavy atom. The third-order valence-corrected chi connectivity index (χ3v) is 6.35. The van der Waals surface area contributed by atoms with Crippen LogP contribution in [0.3, 0.4) is 0 Å². The lowest BCUT2D eigenvalue weighted by molar-refractivity contribution is 0.513. The van der Waals surface area contributed by atoms with Crippen molar-refractivity contribution in [3.05, 3.63) is 29.8 Å². The minimum atomic E-state index is -2.21. The first-order chi connectivity index (χ1) is 13.3. The molecule has 1 atom stereocenters. The van der Waals surface area contributed by atoms with E-state index in [1.807, 2.05) is 18.2 Å². The molecule has 1 rings (SSSR count). The third kappa shape index (κ3) is 13.1. The smallest absolute Gasteiger partial charge is 0.156 e. The lowest BCUT2D eigenvalue weighted by Crippen LogP contribution is -2.04. The summed E-state index contributed by atoms with van der Waals surface area (Å²) in [6.07, 6.45) is 22.9. The molecule has 2 nitrogen and oxygen atoms in total. The zero-order chi connectivity index (χ0) is 19.6. The molecule has 0 saturated heterocycles. The number of hydrogen-bond donors (Lipinski definition) is 1. The van der Waals surface area contributed by atoms with E-state index >= 15 is 0 Å². The molecule has 1 aromatic rings. The van der Waals surface area contributed by atoms with Crippen LogP contribution in [-0.2, 0) is 11.0 Å². The lowest BCUT2D eigenvalue weighted by Gasteiger charge is -2.04. The van der Waals surface area contributed by atoms with E-state index < -0.39 is 8.03 Å². The van der Waals surface area contributed by atoms with Crippen LogP contribution in [0.25, 0.3) is 0 Å². The van der Waals surface area contributed by atoms with Crippen molar-refractivity contribution < 1.29 is 9.46 Å². The van der Waals surface area contributed by atoms with Crippen LogP contribution in [-0.4, -0.2) is 4.89 Å². The van der Waals surface area contributed by atoms with Gasteiger partial charge in [0.2, 0.25) is 5.30 Å².